The van der Waals surface area contributed by atoms with Gasteiger partial charge in [-0.1, -0.05) is 38.1 Å². The van der Waals surface area contributed by atoms with Gasteiger partial charge in [-0.05, 0) is 47.7 Å². The molecule has 5 rings (SSSR count). The predicted molar refractivity (Wildman–Crippen MR) is 204 cm³/mol. The minimum atomic E-state index is -2.74. The maximum Gasteiger partial charge on any atom is 0.342 e. The van der Waals surface area contributed by atoms with Gasteiger partial charge in [-0.2, -0.15) is 0 Å². The molecule has 0 bridgehead atoms. The monoisotopic (exact) mass is 904 g/mol. The number of carbonyl (C=O) groups excluding carboxylic acids is 2. The van der Waals surface area contributed by atoms with Gasteiger partial charge in [-0.3, -0.25) is 0 Å². The van der Waals surface area contributed by atoms with Gasteiger partial charge in [0.15, 0.2) is 12.4 Å². The number of hydrogen-bond donors (Lipinski definition) is 13. The summed E-state index contributed by atoms with van der Waals surface area (Å²) in [6.07, 6.45) is -27.8. The SMILES string of the molecule is CC(C)CC(OC1OC(CO)C(O)C(O)C1O)(C(=O)OCc1ccc(OC2OC(CO)C(O)C(O)C2O)cc1)C(O)C(=O)OCc1ccc(OC2OC(CO)C(O)C(O)C2O)cc1. The van der Waals surface area contributed by atoms with Gasteiger partial charge in [0.2, 0.25) is 18.2 Å². The van der Waals surface area contributed by atoms with Crippen molar-refractivity contribution in [2.75, 3.05) is 19.8 Å². The van der Waals surface area contributed by atoms with Crippen molar-refractivity contribution in [1.29, 1.82) is 0 Å². The first kappa shape index (κ1) is 50.3. The van der Waals surface area contributed by atoms with E-state index in [1.807, 2.05) is 0 Å². The molecule has 23 heteroatoms. The van der Waals surface area contributed by atoms with Gasteiger partial charge in [-0.15, -0.1) is 0 Å². The Morgan fingerprint density at radius 3 is 1.30 bits per heavy atom. The van der Waals surface area contributed by atoms with Crippen molar-refractivity contribution < 1.29 is 114 Å². The molecule has 0 amide bonds. The Bertz CT molecular complexity index is 1740. The van der Waals surface area contributed by atoms with Crippen LogP contribution in [0.25, 0.3) is 0 Å². The van der Waals surface area contributed by atoms with Crippen molar-refractivity contribution in [1.82, 2.24) is 0 Å². The lowest BCUT2D eigenvalue weighted by atomic mass is 9.86. The molecular weight excluding hydrogens is 848 g/mol. The van der Waals surface area contributed by atoms with Crippen LogP contribution in [0.15, 0.2) is 48.5 Å². The number of aliphatic hydroxyl groups is 13. The van der Waals surface area contributed by atoms with Gasteiger partial charge >= 0.3 is 11.9 Å². The Hall–Kier alpha value is -3.70. The van der Waals surface area contributed by atoms with Gasteiger partial charge in [0.1, 0.15) is 98.0 Å². The highest BCUT2D eigenvalue weighted by atomic mass is 16.7. The van der Waals surface area contributed by atoms with Crippen LogP contribution in [0, 0.1) is 5.92 Å². The molecule has 0 saturated carbocycles. The summed E-state index contributed by atoms with van der Waals surface area (Å²) in [6.45, 7) is -0.0788. The zero-order valence-electron chi connectivity index (χ0n) is 34.1. The van der Waals surface area contributed by atoms with Gasteiger partial charge in [0.05, 0.1) is 19.8 Å². The van der Waals surface area contributed by atoms with Crippen LogP contribution in [-0.2, 0) is 51.2 Å². The smallest absolute Gasteiger partial charge is 0.342 e. The summed E-state index contributed by atoms with van der Waals surface area (Å²) in [7, 11) is 0. The Balaban J connectivity index is 1.31. The van der Waals surface area contributed by atoms with Gasteiger partial charge < -0.3 is 104 Å². The highest BCUT2D eigenvalue weighted by Gasteiger charge is 2.57. The van der Waals surface area contributed by atoms with E-state index in [9.17, 15) is 76.0 Å². The van der Waals surface area contributed by atoms with E-state index < -0.39 is 161 Å². The molecule has 354 valence electrons. The fourth-order valence-corrected chi connectivity index (χ4v) is 7.07. The summed E-state index contributed by atoms with van der Waals surface area (Å²) < 4.78 is 44.2. The van der Waals surface area contributed by atoms with E-state index in [-0.39, 0.29) is 11.5 Å². The number of rotatable bonds is 18. The summed E-state index contributed by atoms with van der Waals surface area (Å²) >= 11 is 0. The zero-order chi connectivity index (χ0) is 46.3. The van der Waals surface area contributed by atoms with E-state index in [2.05, 4.69) is 0 Å². The lowest BCUT2D eigenvalue weighted by molar-refractivity contribution is -0.334. The van der Waals surface area contributed by atoms with Gasteiger partial charge in [-0.25, -0.2) is 9.59 Å². The number of aliphatic hydroxyl groups excluding tert-OH is 13. The number of esters is 2. The largest absolute Gasteiger partial charge is 0.462 e. The molecule has 63 heavy (non-hydrogen) atoms. The normalized spacial score (nSPS) is 35.0. The first-order chi connectivity index (χ1) is 29.8. The molecule has 2 aromatic carbocycles. The lowest BCUT2D eigenvalue weighted by Gasteiger charge is -2.44. The van der Waals surface area contributed by atoms with E-state index >= 15 is 0 Å². The summed E-state index contributed by atoms with van der Waals surface area (Å²) in [5.41, 5.74) is -2.14. The van der Waals surface area contributed by atoms with Crippen LogP contribution >= 0.6 is 0 Å². The molecule has 3 fully saturated rings. The third-order valence-corrected chi connectivity index (χ3v) is 10.7. The lowest BCUT2D eigenvalue weighted by Crippen LogP contribution is -2.65. The van der Waals surface area contributed by atoms with Crippen LogP contribution in [0.3, 0.4) is 0 Å². The first-order valence-corrected chi connectivity index (χ1v) is 20.0. The maximum absolute atomic E-state index is 14.2. The second-order valence-corrected chi connectivity index (χ2v) is 15.8. The van der Waals surface area contributed by atoms with Crippen molar-refractivity contribution in [3.05, 3.63) is 59.7 Å². The molecule has 23 nitrogen and oxygen atoms in total. The van der Waals surface area contributed by atoms with Crippen LogP contribution in [0.4, 0.5) is 0 Å². The highest BCUT2D eigenvalue weighted by molar-refractivity contribution is 5.89. The fraction of sp³-hybridized carbons (Fsp3) is 0.650. The van der Waals surface area contributed by atoms with E-state index in [1.165, 1.54) is 48.5 Å². The summed E-state index contributed by atoms with van der Waals surface area (Å²) in [4.78, 5) is 27.9. The van der Waals surface area contributed by atoms with E-state index in [0.29, 0.717) is 11.1 Å². The molecule has 0 radical (unpaired) electrons. The number of hydrogen-bond acceptors (Lipinski definition) is 23. The average Bonchev–Trinajstić information content (AvgIpc) is 3.27. The molecule has 0 aliphatic carbocycles. The number of benzene rings is 2. The maximum atomic E-state index is 14.2. The van der Waals surface area contributed by atoms with E-state index in [4.69, 9.17) is 37.9 Å². The average molecular weight is 905 g/mol. The fourth-order valence-electron chi connectivity index (χ4n) is 7.07. The zero-order valence-corrected chi connectivity index (χ0v) is 34.1. The molecule has 3 heterocycles. The molecule has 3 aliphatic heterocycles. The van der Waals surface area contributed by atoms with Crippen LogP contribution in [0.2, 0.25) is 0 Å². The van der Waals surface area contributed by atoms with E-state index in [1.54, 1.807) is 13.8 Å². The molecular formula is C40H56O23. The molecule has 17 atom stereocenters. The standard InChI is InChI=1S/C40H56O23/c1-17(2)11-40(63-38-33(52)30(49)27(46)24(14-43)62-38,39(55)57-16-19-5-9-21(10-6-19)59-37-32(51)29(48)26(45)23(13-42)61-37)34(53)35(54)56-15-18-3-7-20(8-4-18)58-36-31(50)28(47)25(44)22(12-41)60-36/h3-10,17,22-34,36-38,41-53H,11-16H2,1-2H3. The van der Waals surface area contributed by atoms with Crippen LogP contribution in [0.5, 0.6) is 11.5 Å². The van der Waals surface area contributed by atoms with Crippen molar-refractivity contribution in [3.63, 3.8) is 0 Å². The Morgan fingerprint density at radius 1 is 0.556 bits per heavy atom. The van der Waals surface area contributed by atoms with Crippen molar-refractivity contribution in [2.24, 2.45) is 5.92 Å². The minimum Gasteiger partial charge on any atom is -0.462 e. The molecule has 17 unspecified atom stereocenters. The Labute approximate surface area is 359 Å². The quantitative estimate of drug-likeness (QED) is 0.0622. The third-order valence-electron chi connectivity index (χ3n) is 10.7. The summed E-state index contributed by atoms with van der Waals surface area (Å²) in [5, 5.41) is 133. The second kappa shape index (κ2) is 22.0. The molecule has 0 aromatic heterocycles. The highest BCUT2D eigenvalue weighted by Crippen LogP contribution is 2.35. The number of ether oxygens (including phenoxy) is 8. The summed E-state index contributed by atoms with van der Waals surface area (Å²) in [5.74, 6) is -3.18. The molecule has 13 N–H and O–H groups in total. The van der Waals surface area contributed by atoms with Crippen molar-refractivity contribution in [3.8, 4) is 11.5 Å². The molecule has 2 aromatic rings. The van der Waals surface area contributed by atoms with Crippen LogP contribution < -0.4 is 9.47 Å². The second-order valence-electron chi connectivity index (χ2n) is 15.8. The minimum absolute atomic E-state index is 0.0867. The van der Waals surface area contributed by atoms with Crippen molar-refractivity contribution in [2.45, 2.75) is 137 Å². The van der Waals surface area contributed by atoms with Crippen molar-refractivity contribution >= 4 is 11.9 Å². The predicted octanol–water partition coefficient (Wildman–Crippen LogP) is -5.21. The molecule has 0 spiro atoms. The third kappa shape index (κ3) is 11.6. The topological polar surface area (TPSA) is 371 Å². The van der Waals surface area contributed by atoms with E-state index in [0.717, 1.165) is 0 Å². The Morgan fingerprint density at radius 2 is 0.921 bits per heavy atom. The Kier molecular flexibility index (Phi) is 17.6. The van der Waals surface area contributed by atoms with Crippen LogP contribution in [-0.4, -0.2) is 202 Å². The summed E-state index contributed by atoms with van der Waals surface area (Å²) in [6, 6.07) is 11.2. The van der Waals surface area contributed by atoms with Gasteiger partial charge in [0.25, 0.3) is 0 Å². The van der Waals surface area contributed by atoms with Crippen LogP contribution in [0.1, 0.15) is 31.4 Å². The number of carbonyl (C=O) groups is 2. The molecule has 3 saturated heterocycles. The van der Waals surface area contributed by atoms with Gasteiger partial charge in [0, 0.05) is 0 Å². The first-order valence-electron chi connectivity index (χ1n) is 20.0. The molecule has 3 aliphatic rings.